The Hall–Kier alpha value is -3.35. The minimum atomic E-state index is -0.678. The molecule has 0 spiro atoms. The fourth-order valence-corrected chi connectivity index (χ4v) is 7.50. The number of fused-ring (bicyclic) bond motifs is 4. The predicted octanol–water partition coefficient (Wildman–Crippen LogP) is 5.14. The molecule has 13 heteroatoms. The number of piperidine rings is 1. The number of benzene rings is 2. The molecule has 3 fully saturated rings. The number of piperazine rings is 1. The molecule has 3 unspecified atom stereocenters. The molecule has 2 bridgehead atoms. The molecule has 2 aromatic heterocycles. The summed E-state index contributed by atoms with van der Waals surface area (Å²) < 4.78 is 37.6. The number of hydrogen-bond acceptors (Lipinski definition) is 9. The fraction of sp³-hybridized carbons (Fsp3) is 0.448. The molecule has 2 aromatic carbocycles. The Labute approximate surface area is 250 Å². The van der Waals surface area contributed by atoms with Crippen LogP contribution in [0.2, 0.25) is 5.02 Å². The molecule has 4 aromatic rings. The molecule has 5 heterocycles. The summed E-state index contributed by atoms with van der Waals surface area (Å²) in [6.07, 6.45) is 4.09. The number of ether oxygens (including phenoxy) is 1. The quantitative estimate of drug-likeness (QED) is 0.308. The number of amides is 1. The van der Waals surface area contributed by atoms with Crippen LogP contribution in [0, 0.1) is 11.6 Å². The van der Waals surface area contributed by atoms with Gasteiger partial charge in [0.15, 0.2) is 10.9 Å². The highest BCUT2D eigenvalue weighted by atomic mass is 35.5. The van der Waals surface area contributed by atoms with Crippen LogP contribution in [0.25, 0.3) is 32.2 Å². The van der Waals surface area contributed by atoms with Crippen molar-refractivity contribution in [2.45, 2.75) is 57.2 Å². The number of thiazole rings is 1. The third-order valence-electron chi connectivity index (χ3n) is 8.35. The molecule has 3 atom stereocenters. The van der Waals surface area contributed by atoms with Crippen molar-refractivity contribution in [3.05, 3.63) is 34.9 Å². The number of nitrogens with one attached hydrogen (secondary N) is 1. The topological polar surface area (TPSA) is 110 Å². The van der Waals surface area contributed by atoms with Gasteiger partial charge in [-0.2, -0.15) is 9.97 Å². The smallest absolute Gasteiger partial charge is 0.319 e. The van der Waals surface area contributed by atoms with E-state index in [2.05, 4.69) is 20.2 Å². The van der Waals surface area contributed by atoms with Crippen LogP contribution >= 0.6 is 22.9 Å². The monoisotopic (exact) mass is 613 g/mol. The van der Waals surface area contributed by atoms with Gasteiger partial charge in [-0.3, -0.25) is 4.79 Å². The molecule has 0 saturated carbocycles. The molecule has 3 aliphatic rings. The Morgan fingerprint density at radius 2 is 1.95 bits per heavy atom. The molecular weight excluding hydrogens is 584 g/mol. The first-order valence-electron chi connectivity index (χ1n) is 14.2. The lowest BCUT2D eigenvalue weighted by molar-refractivity contribution is -0.134. The van der Waals surface area contributed by atoms with Crippen LogP contribution in [0.1, 0.15) is 39.0 Å². The number of carbonyl (C=O) groups excluding carboxylic acids is 1. The first-order valence-corrected chi connectivity index (χ1v) is 15.4. The molecule has 3 aliphatic heterocycles. The van der Waals surface area contributed by atoms with Crippen molar-refractivity contribution >= 4 is 60.9 Å². The van der Waals surface area contributed by atoms with Crippen LogP contribution in [0.5, 0.6) is 6.01 Å². The van der Waals surface area contributed by atoms with E-state index in [0.29, 0.717) is 61.5 Å². The van der Waals surface area contributed by atoms with Crippen LogP contribution in [0.3, 0.4) is 0 Å². The number of likely N-dealkylation sites (tertiary alicyclic amines) is 1. The van der Waals surface area contributed by atoms with E-state index in [4.69, 9.17) is 27.1 Å². The van der Waals surface area contributed by atoms with E-state index in [9.17, 15) is 9.18 Å². The molecule has 220 valence electrons. The maximum Gasteiger partial charge on any atom is 0.319 e. The minimum absolute atomic E-state index is 0.0228. The van der Waals surface area contributed by atoms with E-state index in [0.717, 1.165) is 37.0 Å². The van der Waals surface area contributed by atoms with Crippen LogP contribution in [-0.2, 0) is 4.79 Å². The number of rotatable bonds is 6. The van der Waals surface area contributed by atoms with Gasteiger partial charge in [-0.1, -0.05) is 22.9 Å². The summed E-state index contributed by atoms with van der Waals surface area (Å²) in [7, 11) is 0. The van der Waals surface area contributed by atoms with Crippen LogP contribution < -0.4 is 20.7 Å². The number of aromatic nitrogens is 3. The standard InChI is InChI=1S/C29H30ClF2N7O2S/c1-14(11-38-9-3-2-4-21(38)40)41-29-36-24-18(27(37-29)39-12-15-5-6-16(13-39)34-15)10-19(30)22(23(24)32)17-7-8-20(31)26-25(17)35-28(33)42-26/h7-8,10,14-16,34H,2-6,9,11-13H2,1H3,(H2,33,35). The molecule has 3 saturated heterocycles. The van der Waals surface area contributed by atoms with E-state index >= 15 is 4.39 Å². The second-order valence-electron chi connectivity index (χ2n) is 11.4. The number of carbonyl (C=O) groups is 1. The number of anilines is 2. The lowest BCUT2D eigenvalue weighted by Gasteiger charge is -2.34. The minimum Gasteiger partial charge on any atom is -0.458 e. The van der Waals surface area contributed by atoms with E-state index in [1.54, 1.807) is 11.0 Å². The summed E-state index contributed by atoms with van der Waals surface area (Å²) in [5.41, 5.74) is 6.55. The number of nitrogen functional groups attached to an aromatic ring is 1. The van der Waals surface area contributed by atoms with Gasteiger partial charge in [0.2, 0.25) is 5.91 Å². The lowest BCUT2D eigenvalue weighted by Crippen LogP contribution is -2.51. The maximum atomic E-state index is 16.6. The van der Waals surface area contributed by atoms with Gasteiger partial charge in [0, 0.05) is 54.7 Å². The molecule has 9 nitrogen and oxygen atoms in total. The molecular formula is C29H30ClF2N7O2S. The number of halogens is 3. The highest BCUT2D eigenvalue weighted by molar-refractivity contribution is 7.22. The van der Waals surface area contributed by atoms with Gasteiger partial charge in [-0.25, -0.2) is 13.8 Å². The Kier molecular flexibility index (Phi) is 7.02. The van der Waals surface area contributed by atoms with Crippen molar-refractivity contribution in [3.8, 4) is 17.1 Å². The zero-order valence-electron chi connectivity index (χ0n) is 23.0. The second kappa shape index (κ2) is 10.7. The summed E-state index contributed by atoms with van der Waals surface area (Å²) in [6, 6.07) is 5.02. The largest absolute Gasteiger partial charge is 0.458 e. The second-order valence-corrected chi connectivity index (χ2v) is 12.8. The van der Waals surface area contributed by atoms with E-state index in [-0.39, 0.29) is 43.4 Å². The zero-order chi connectivity index (χ0) is 29.1. The van der Waals surface area contributed by atoms with Crippen LogP contribution in [0.15, 0.2) is 18.2 Å². The molecule has 3 N–H and O–H groups in total. The average molecular weight is 614 g/mol. The molecule has 0 aliphatic carbocycles. The number of nitrogens with zero attached hydrogens (tertiary/aromatic N) is 5. The zero-order valence-corrected chi connectivity index (χ0v) is 24.6. The van der Waals surface area contributed by atoms with Crippen molar-refractivity contribution in [2.24, 2.45) is 0 Å². The van der Waals surface area contributed by atoms with Gasteiger partial charge >= 0.3 is 6.01 Å². The summed E-state index contributed by atoms with van der Waals surface area (Å²) >= 11 is 7.77. The Balaban J connectivity index is 1.34. The first kappa shape index (κ1) is 27.5. The third-order valence-corrected chi connectivity index (χ3v) is 9.54. The highest BCUT2D eigenvalue weighted by Crippen LogP contribution is 2.43. The van der Waals surface area contributed by atoms with Crippen LogP contribution in [-0.4, -0.2) is 70.1 Å². The average Bonchev–Trinajstić information content (AvgIpc) is 3.52. The normalized spacial score (nSPS) is 21.5. The summed E-state index contributed by atoms with van der Waals surface area (Å²) in [5, 5.41) is 4.38. The number of nitrogens with two attached hydrogens (primary N) is 1. The van der Waals surface area contributed by atoms with Gasteiger partial charge in [0.05, 0.1) is 21.8 Å². The fourth-order valence-electron chi connectivity index (χ4n) is 6.45. The van der Waals surface area contributed by atoms with E-state index in [1.807, 2.05) is 6.92 Å². The number of hydrogen-bond donors (Lipinski definition) is 2. The predicted molar refractivity (Wildman–Crippen MR) is 160 cm³/mol. The molecule has 7 rings (SSSR count). The Morgan fingerprint density at radius 1 is 1.17 bits per heavy atom. The van der Waals surface area contributed by atoms with Gasteiger partial charge < -0.3 is 25.6 Å². The summed E-state index contributed by atoms with van der Waals surface area (Å²) in [6.45, 7) is 4.34. The van der Waals surface area contributed by atoms with Gasteiger partial charge in [-0.05, 0) is 50.8 Å². The lowest BCUT2D eigenvalue weighted by atomic mass is 10.0. The molecule has 0 radical (unpaired) electrons. The van der Waals surface area contributed by atoms with Crippen molar-refractivity contribution in [1.82, 2.24) is 25.2 Å². The van der Waals surface area contributed by atoms with Crippen LogP contribution in [0.4, 0.5) is 19.7 Å². The maximum absolute atomic E-state index is 16.6. The Bertz CT molecular complexity index is 1710. The van der Waals surface area contributed by atoms with Crippen molar-refractivity contribution in [2.75, 3.05) is 36.8 Å². The summed E-state index contributed by atoms with van der Waals surface area (Å²) in [4.78, 5) is 29.9. The summed E-state index contributed by atoms with van der Waals surface area (Å²) in [5.74, 6) is -0.520. The van der Waals surface area contributed by atoms with E-state index < -0.39 is 17.7 Å². The third kappa shape index (κ3) is 4.88. The van der Waals surface area contributed by atoms with Gasteiger partial charge in [-0.15, -0.1) is 0 Å². The highest BCUT2D eigenvalue weighted by Gasteiger charge is 2.35. The van der Waals surface area contributed by atoms with Gasteiger partial charge in [0.1, 0.15) is 23.3 Å². The molecule has 1 amide bonds. The molecule has 42 heavy (non-hydrogen) atoms. The van der Waals surface area contributed by atoms with E-state index in [1.165, 1.54) is 12.1 Å². The first-order chi connectivity index (χ1) is 20.2. The Morgan fingerprint density at radius 3 is 2.71 bits per heavy atom. The van der Waals surface area contributed by atoms with Crippen molar-refractivity contribution in [3.63, 3.8) is 0 Å². The SMILES string of the molecule is CC(CN1CCCCC1=O)Oc1nc(N2CC3CCC(C2)N3)c2cc(Cl)c(-c3ccc(F)c4sc(N)nc34)c(F)c2n1. The van der Waals surface area contributed by atoms with Crippen molar-refractivity contribution in [1.29, 1.82) is 0 Å². The van der Waals surface area contributed by atoms with Crippen molar-refractivity contribution < 1.29 is 18.3 Å². The van der Waals surface area contributed by atoms with Gasteiger partial charge in [0.25, 0.3) is 0 Å².